The van der Waals surface area contributed by atoms with E-state index in [4.69, 9.17) is 16.3 Å². The van der Waals surface area contributed by atoms with Gasteiger partial charge in [-0.25, -0.2) is 18.1 Å². The summed E-state index contributed by atoms with van der Waals surface area (Å²) in [6, 6.07) is 10.4. The van der Waals surface area contributed by atoms with E-state index in [1.807, 2.05) is 24.3 Å². The van der Waals surface area contributed by atoms with E-state index in [0.717, 1.165) is 11.1 Å². The zero-order valence-corrected chi connectivity index (χ0v) is 13.0. The number of pyridine rings is 1. The van der Waals surface area contributed by atoms with Crippen molar-refractivity contribution in [3.8, 4) is 0 Å². The minimum absolute atomic E-state index is 0.0797. The van der Waals surface area contributed by atoms with Gasteiger partial charge in [0.15, 0.2) is 0 Å². The Balaban J connectivity index is 2.13. The van der Waals surface area contributed by atoms with Crippen LogP contribution in [0.2, 0.25) is 5.15 Å². The predicted molar refractivity (Wildman–Crippen MR) is 80.4 cm³/mol. The summed E-state index contributed by atoms with van der Waals surface area (Å²) in [5.41, 5.74) is 1.81. The fraction of sp³-hybridized carbons (Fsp3) is 0.214. The molecule has 0 aliphatic carbocycles. The summed E-state index contributed by atoms with van der Waals surface area (Å²) >= 11 is 5.65. The van der Waals surface area contributed by atoms with Crippen molar-refractivity contribution >= 4 is 21.6 Å². The third-order valence-electron chi connectivity index (χ3n) is 2.88. The number of nitrogens with one attached hydrogen (secondary N) is 1. The summed E-state index contributed by atoms with van der Waals surface area (Å²) in [5, 5.41) is 0.249. The second kappa shape index (κ2) is 7.00. The van der Waals surface area contributed by atoms with Gasteiger partial charge in [-0.3, -0.25) is 0 Å². The Morgan fingerprint density at radius 3 is 2.52 bits per heavy atom. The van der Waals surface area contributed by atoms with Crippen LogP contribution in [-0.4, -0.2) is 20.5 Å². The molecule has 0 unspecified atom stereocenters. The number of methoxy groups -OCH3 is 1. The van der Waals surface area contributed by atoms with Crippen molar-refractivity contribution in [2.75, 3.05) is 7.11 Å². The molecule has 1 aromatic heterocycles. The maximum absolute atomic E-state index is 12.2. The molecule has 1 heterocycles. The maximum Gasteiger partial charge on any atom is 0.242 e. The zero-order valence-electron chi connectivity index (χ0n) is 11.4. The van der Waals surface area contributed by atoms with E-state index < -0.39 is 10.0 Å². The Kier molecular flexibility index (Phi) is 5.30. The third-order valence-corrected chi connectivity index (χ3v) is 4.49. The molecule has 2 rings (SSSR count). The van der Waals surface area contributed by atoms with Gasteiger partial charge in [0.1, 0.15) is 10.0 Å². The van der Waals surface area contributed by atoms with Gasteiger partial charge in [0.05, 0.1) is 6.61 Å². The predicted octanol–water partition coefficient (Wildman–Crippen LogP) is 2.36. The molecule has 5 nitrogen and oxygen atoms in total. The van der Waals surface area contributed by atoms with Gasteiger partial charge in [-0.15, -0.1) is 0 Å². The van der Waals surface area contributed by atoms with Gasteiger partial charge in [0.25, 0.3) is 0 Å². The lowest BCUT2D eigenvalue weighted by Gasteiger charge is -2.10. The molecule has 0 saturated heterocycles. The van der Waals surface area contributed by atoms with Gasteiger partial charge in [-0.05, 0) is 23.3 Å². The van der Waals surface area contributed by atoms with Crippen molar-refractivity contribution < 1.29 is 13.2 Å². The third kappa shape index (κ3) is 4.25. The lowest BCUT2D eigenvalue weighted by molar-refractivity contribution is 0.184. The first-order valence-corrected chi connectivity index (χ1v) is 8.06. The Morgan fingerprint density at radius 1 is 1.19 bits per heavy atom. The van der Waals surface area contributed by atoms with Gasteiger partial charge in [-0.2, -0.15) is 0 Å². The van der Waals surface area contributed by atoms with Crippen LogP contribution < -0.4 is 4.72 Å². The topological polar surface area (TPSA) is 68.3 Å². The molecule has 1 aromatic carbocycles. The normalized spacial score (nSPS) is 11.5. The Bertz CT molecular complexity index is 702. The maximum atomic E-state index is 12.2. The van der Waals surface area contributed by atoms with Gasteiger partial charge < -0.3 is 4.74 Å². The molecular formula is C14H15ClN2O3S. The summed E-state index contributed by atoms with van der Waals surface area (Å²) in [5.74, 6) is 0. The fourth-order valence-electron chi connectivity index (χ4n) is 1.80. The number of halogens is 1. The lowest BCUT2D eigenvalue weighted by Crippen LogP contribution is -2.24. The van der Waals surface area contributed by atoms with Gasteiger partial charge in [-0.1, -0.05) is 35.9 Å². The summed E-state index contributed by atoms with van der Waals surface area (Å²) in [6.07, 6.45) is 1.23. The SMILES string of the molecule is COCc1ccccc1CNS(=O)(=O)c1ccc(Cl)nc1. The Hall–Kier alpha value is -1.47. The summed E-state index contributed by atoms with van der Waals surface area (Å²) in [7, 11) is -2.02. The van der Waals surface area contributed by atoms with Crippen LogP contribution in [0.1, 0.15) is 11.1 Å². The second-order valence-corrected chi connectivity index (χ2v) is 6.50. The zero-order chi connectivity index (χ0) is 15.3. The molecule has 0 bridgehead atoms. The van der Waals surface area contributed by atoms with Crippen LogP contribution in [0.5, 0.6) is 0 Å². The minimum atomic E-state index is -3.62. The van der Waals surface area contributed by atoms with Gasteiger partial charge in [0, 0.05) is 19.9 Å². The molecular weight excluding hydrogens is 312 g/mol. The van der Waals surface area contributed by atoms with Crippen LogP contribution >= 0.6 is 11.6 Å². The summed E-state index contributed by atoms with van der Waals surface area (Å²) in [4.78, 5) is 3.85. The van der Waals surface area contributed by atoms with E-state index in [1.165, 1.54) is 18.3 Å². The number of rotatable bonds is 6. The highest BCUT2D eigenvalue weighted by Gasteiger charge is 2.14. The number of sulfonamides is 1. The summed E-state index contributed by atoms with van der Waals surface area (Å²) in [6.45, 7) is 0.616. The molecule has 0 fully saturated rings. The van der Waals surface area contributed by atoms with Crippen LogP contribution in [0.15, 0.2) is 47.5 Å². The highest BCUT2D eigenvalue weighted by molar-refractivity contribution is 7.89. The van der Waals surface area contributed by atoms with E-state index in [1.54, 1.807) is 7.11 Å². The van der Waals surface area contributed by atoms with Crippen LogP contribution in [0, 0.1) is 0 Å². The highest BCUT2D eigenvalue weighted by Crippen LogP contribution is 2.13. The first-order chi connectivity index (χ1) is 10.0. The quantitative estimate of drug-likeness (QED) is 0.827. The Morgan fingerprint density at radius 2 is 1.90 bits per heavy atom. The number of nitrogens with zero attached hydrogens (tertiary/aromatic N) is 1. The Labute approximate surface area is 129 Å². The van der Waals surface area contributed by atoms with Crippen molar-refractivity contribution in [1.82, 2.24) is 9.71 Å². The molecule has 0 radical (unpaired) electrons. The average Bonchev–Trinajstić information content (AvgIpc) is 2.47. The van der Waals surface area contributed by atoms with E-state index in [2.05, 4.69) is 9.71 Å². The van der Waals surface area contributed by atoms with Gasteiger partial charge in [0.2, 0.25) is 10.0 Å². The van der Waals surface area contributed by atoms with E-state index in [-0.39, 0.29) is 16.6 Å². The molecule has 1 N–H and O–H groups in total. The molecule has 0 aliphatic rings. The van der Waals surface area contributed by atoms with E-state index >= 15 is 0 Å². The largest absolute Gasteiger partial charge is 0.380 e. The molecule has 21 heavy (non-hydrogen) atoms. The van der Waals surface area contributed by atoms with Crippen molar-refractivity contribution in [3.63, 3.8) is 0 Å². The van der Waals surface area contributed by atoms with Crippen molar-refractivity contribution in [2.45, 2.75) is 18.0 Å². The van der Waals surface area contributed by atoms with Crippen molar-refractivity contribution in [3.05, 3.63) is 58.9 Å². The minimum Gasteiger partial charge on any atom is -0.380 e. The summed E-state index contributed by atoms with van der Waals surface area (Å²) < 4.78 is 32.0. The fourth-order valence-corrected chi connectivity index (χ4v) is 2.87. The molecule has 0 atom stereocenters. The number of ether oxygens (including phenoxy) is 1. The molecule has 112 valence electrons. The van der Waals surface area contributed by atoms with E-state index in [9.17, 15) is 8.42 Å². The van der Waals surface area contributed by atoms with Crippen molar-refractivity contribution in [2.24, 2.45) is 0 Å². The second-order valence-electron chi connectivity index (χ2n) is 4.34. The molecule has 2 aromatic rings. The van der Waals surface area contributed by atoms with E-state index in [0.29, 0.717) is 6.61 Å². The number of hydrogen-bond donors (Lipinski definition) is 1. The number of aromatic nitrogens is 1. The highest BCUT2D eigenvalue weighted by atomic mass is 35.5. The molecule has 0 amide bonds. The molecule has 0 spiro atoms. The first kappa shape index (κ1) is 15.9. The standard InChI is InChI=1S/C14H15ClN2O3S/c1-20-10-12-5-3-2-4-11(12)8-17-21(18,19)13-6-7-14(15)16-9-13/h2-7,9,17H,8,10H2,1H3. The van der Waals surface area contributed by atoms with Crippen molar-refractivity contribution in [1.29, 1.82) is 0 Å². The smallest absolute Gasteiger partial charge is 0.242 e. The van der Waals surface area contributed by atoms with Crippen LogP contribution in [-0.2, 0) is 27.9 Å². The van der Waals surface area contributed by atoms with Gasteiger partial charge >= 0.3 is 0 Å². The van der Waals surface area contributed by atoms with Crippen LogP contribution in [0.25, 0.3) is 0 Å². The van der Waals surface area contributed by atoms with Crippen LogP contribution in [0.4, 0.5) is 0 Å². The first-order valence-electron chi connectivity index (χ1n) is 6.20. The number of benzene rings is 1. The molecule has 7 heteroatoms. The average molecular weight is 327 g/mol. The number of hydrogen-bond acceptors (Lipinski definition) is 4. The molecule has 0 saturated carbocycles. The lowest BCUT2D eigenvalue weighted by atomic mass is 10.1. The molecule has 0 aliphatic heterocycles. The monoisotopic (exact) mass is 326 g/mol. The van der Waals surface area contributed by atoms with Crippen LogP contribution in [0.3, 0.4) is 0 Å².